The number of hydrogen-bond acceptors (Lipinski definition) is 6. The van der Waals surface area contributed by atoms with Crippen LogP contribution in [0.15, 0.2) is 35.7 Å². The molecule has 0 bridgehead atoms. The predicted molar refractivity (Wildman–Crippen MR) is 113 cm³/mol. The van der Waals surface area contributed by atoms with E-state index in [2.05, 4.69) is 4.98 Å². The zero-order valence-corrected chi connectivity index (χ0v) is 17.9. The van der Waals surface area contributed by atoms with Crippen molar-refractivity contribution >= 4 is 45.4 Å². The quantitative estimate of drug-likeness (QED) is 0.354. The fraction of sp³-hybridized carbons (Fsp3) is 0.200. The molecule has 3 aromatic rings. The van der Waals surface area contributed by atoms with Gasteiger partial charge in [-0.15, -0.1) is 11.3 Å². The van der Waals surface area contributed by atoms with Crippen LogP contribution in [0.2, 0.25) is 5.02 Å². The lowest BCUT2D eigenvalue weighted by molar-refractivity contribution is -0.386. The van der Waals surface area contributed by atoms with Gasteiger partial charge in [-0.1, -0.05) is 17.7 Å². The minimum Gasteiger partial charge on any atom is -0.480 e. The second kappa shape index (κ2) is 8.76. The minimum absolute atomic E-state index is 0.132. The summed E-state index contributed by atoms with van der Waals surface area (Å²) in [6.07, 6.45) is 0. The number of nitro benzene ring substituents is 1. The minimum atomic E-state index is -0.652. The van der Waals surface area contributed by atoms with Gasteiger partial charge in [-0.25, -0.2) is 9.37 Å². The van der Waals surface area contributed by atoms with Gasteiger partial charge in [0.15, 0.2) is 10.9 Å². The lowest BCUT2D eigenvalue weighted by Crippen LogP contribution is -2.24. The van der Waals surface area contributed by atoms with Gasteiger partial charge in [-0.3, -0.25) is 19.8 Å². The molecule has 0 saturated heterocycles. The molecule has 2 aromatic carbocycles. The Morgan fingerprint density at radius 2 is 2.07 bits per heavy atom. The van der Waals surface area contributed by atoms with Gasteiger partial charge >= 0.3 is 5.69 Å². The number of rotatable bonds is 6. The highest BCUT2D eigenvalue weighted by molar-refractivity contribution is 7.14. The first kappa shape index (κ1) is 21.7. The van der Waals surface area contributed by atoms with Crippen molar-refractivity contribution in [3.63, 3.8) is 0 Å². The van der Waals surface area contributed by atoms with Gasteiger partial charge in [0.1, 0.15) is 12.4 Å². The lowest BCUT2D eigenvalue weighted by atomic mass is 10.1. The molecule has 3 rings (SSSR count). The monoisotopic (exact) mass is 449 g/mol. The van der Waals surface area contributed by atoms with Crippen molar-refractivity contribution in [2.24, 2.45) is 0 Å². The van der Waals surface area contributed by atoms with Crippen LogP contribution in [0.25, 0.3) is 0 Å². The lowest BCUT2D eigenvalue weighted by Gasteiger charge is -2.22. The topological polar surface area (TPSA) is 85.6 Å². The maximum absolute atomic E-state index is 13.5. The van der Waals surface area contributed by atoms with Gasteiger partial charge in [0.2, 0.25) is 5.91 Å². The van der Waals surface area contributed by atoms with Gasteiger partial charge in [-0.05, 0) is 37.1 Å². The molecule has 30 heavy (non-hydrogen) atoms. The molecular weight excluding hydrogens is 433 g/mol. The standard InChI is InChI=1S/C20H17ClFN3O4S/c1-11-6-12(2)19(16(21)7-11)24(13(3)26)20-23-15(10-30-20)9-29-18-8-14(22)4-5-17(18)25(27)28/h4-8,10H,9H2,1-3H3. The summed E-state index contributed by atoms with van der Waals surface area (Å²) in [6.45, 7) is 5.03. The molecule has 1 amide bonds. The van der Waals surface area contributed by atoms with Crippen LogP contribution in [0.3, 0.4) is 0 Å². The third kappa shape index (κ3) is 4.58. The zero-order valence-electron chi connectivity index (χ0n) is 16.3. The van der Waals surface area contributed by atoms with Crippen LogP contribution in [-0.4, -0.2) is 15.8 Å². The Balaban J connectivity index is 1.88. The number of hydrogen-bond donors (Lipinski definition) is 0. The number of ether oxygens (including phenoxy) is 1. The summed E-state index contributed by atoms with van der Waals surface area (Å²) < 4.78 is 18.9. The number of anilines is 2. The number of nitro groups is 1. The number of benzene rings is 2. The first-order valence-corrected chi connectivity index (χ1v) is 10.0. The Morgan fingerprint density at radius 1 is 1.33 bits per heavy atom. The largest absolute Gasteiger partial charge is 0.480 e. The van der Waals surface area contributed by atoms with E-state index in [0.29, 0.717) is 21.5 Å². The summed E-state index contributed by atoms with van der Waals surface area (Å²) in [5, 5.41) is 13.6. The predicted octanol–water partition coefficient (Wildman–Crippen LogP) is 5.72. The van der Waals surface area contributed by atoms with E-state index in [1.165, 1.54) is 23.2 Å². The van der Waals surface area contributed by atoms with E-state index in [9.17, 15) is 19.3 Å². The van der Waals surface area contributed by atoms with Crippen molar-refractivity contribution in [3.05, 3.63) is 73.5 Å². The molecule has 0 fully saturated rings. The molecule has 0 N–H and O–H groups in total. The smallest absolute Gasteiger partial charge is 0.311 e. The van der Waals surface area contributed by atoms with E-state index in [1.54, 1.807) is 11.4 Å². The summed E-state index contributed by atoms with van der Waals surface area (Å²) >= 11 is 7.59. The molecule has 0 atom stereocenters. The first-order valence-electron chi connectivity index (χ1n) is 8.76. The molecule has 1 heterocycles. The van der Waals surface area contributed by atoms with E-state index < -0.39 is 10.7 Å². The molecule has 0 saturated carbocycles. The third-order valence-corrected chi connectivity index (χ3v) is 5.32. The van der Waals surface area contributed by atoms with Crippen LogP contribution < -0.4 is 9.64 Å². The van der Waals surface area contributed by atoms with Crippen LogP contribution in [-0.2, 0) is 11.4 Å². The maximum Gasteiger partial charge on any atom is 0.311 e. The summed E-state index contributed by atoms with van der Waals surface area (Å²) in [7, 11) is 0. The van der Waals surface area contributed by atoms with Crippen molar-refractivity contribution in [2.45, 2.75) is 27.4 Å². The Hall–Kier alpha value is -3.04. The first-order chi connectivity index (χ1) is 14.2. The van der Waals surface area contributed by atoms with E-state index in [1.807, 2.05) is 19.9 Å². The zero-order chi connectivity index (χ0) is 22.0. The summed E-state index contributed by atoms with van der Waals surface area (Å²) in [4.78, 5) is 28.6. The highest BCUT2D eigenvalue weighted by Gasteiger charge is 2.23. The highest BCUT2D eigenvalue weighted by Crippen LogP contribution is 2.37. The molecule has 0 radical (unpaired) electrons. The molecule has 0 spiro atoms. The Labute approximate surface area is 180 Å². The molecule has 7 nitrogen and oxygen atoms in total. The Morgan fingerprint density at radius 3 is 2.70 bits per heavy atom. The molecule has 156 valence electrons. The average molecular weight is 450 g/mol. The second-order valence-corrected chi connectivity index (χ2v) is 7.79. The number of carbonyl (C=O) groups is 1. The molecule has 10 heteroatoms. The average Bonchev–Trinajstić information content (AvgIpc) is 3.10. The number of nitrogens with zero attached hydrogens (tertiary/aromatic N) is 3. The van der Waals surface area contributed by atoms with Crippen LogP contribution in [0.5, 0.6) is 5.75 Å². The Bertz CT molecular complexity index is 1110. The van der Waals surface area contributed by atoms with Crippen LogP contribution in [0.4, 0.5) is 20.9 Å². The van der Waals surface area contributed by atoms with E-state index in [-0.39, 0.29) is 24.0 Å². The molecule has 0 aliphatic carbocycles. The Kier molecular flexibility index (Phi) is 6.33. The van der Waals surface area contributed by atoms with Crippen molar-refractivity contribution in [3.8, 4) is 5.75 Å². The summed E-state index contributed by atoms with van der Waals surface area (Å²) in [5.41, 5.74) is 2.41. The second-order valence-electron chi connectivity index (χ2n) is 6.55. The summed E-state index contributed by atoms with van der Waals surface area (Å²) in [6, 6.07) is 6.66. The third-order valence-electron chi connectivity index (χ3n) is 4.16. The normalized spacial score (nSPS) is 10.7. The molecule has 0 aliphatic heterocycles. The van der Waals surface area contributed by atoms with Gasteiger partial charge in [0, 0.05) is 24.4 Å². The van der Waals surface area contributed by atoms with Crippen molar-refractivity contribution in [1.29, 1.82) is 0 Å². The maximum atomic E-state index is 13.5. The van der Waals surface area contributed by atoms with E-state index >= 15 is 0 Å². The van der Waals surface area contributed by atoms with Gasteiger partial charge in [-0.2, -0.15) is 0 Å². The highest BCUT2D eigenvalue weighted by atomic mass is 35.5. The van der Waals surface area contributed by atoms with Crippen LogP contribution in [0.1, 0.15) is 23.7 Å². The molecule has 0 aliphatic rings. The van der Waals surface area contributed by atoms with Crippen LogP contribution >= 0.6 is 22.9 Å². The van der Waals surface area contributed by atoms with Gasteiger partial charge < -0.3 is 4.74 Å². The van der Waals surface area contributed by atoms with Crippen molar-refractivity contribution in [1.82, 2.24) is 4.98 Å². The molecule has 1 aromatic heterocycles. The van der Waals surface area contributed by atoms with E-state index in [0.717, 1.165) is 29.3 Å². The number of halogens is 2. The number of aryl methyl sites for hydroxylation is 2. The SMILES string of the molecule is CC(=O)N(c1nc(COc2cc(F)ccc2[N+](=O)[O-])cs1)c1c(C)cc(C)cc1Cl. The molecule has 0 unspecified atom stereocenters. The number of amides is 1. The number of aromatic nitrogens is 1. The fourth-order valence-electron chi connectivity index (χ4n) is 2.95. The van der Waals surface area contributed by atoms with Crippen molar-refractivity contribution < 1.29 is 18.8 Å². The van der Waals surface area contributed by atoms with Crippen molar-refractivity contribution in [2.75, 3.05) is 4.90 Å². The molecular formula is C20H17ClFN3O4S. The summed E-state index contributed by atoms with van der Waals surface area (Å²) in [5.74, 6) is -1.12. The van der Waals surface area contributed by atoms with Gasteiger partial charge in [0.25, 0.3) is 0 Å². The fourth-order valence-corrected chi connectivity index (χ4v) is 4.21. The van der Waals surface area contributed by atoms with Crippen LogP contribution in [0, 0.1) is 29.8 Å². The van der Waals surface area contributed by atoms with E-state index in [4.69, 9.17) is 16.3 Å². The van der Waals surface area contributed by atoms with Gasteiger partial charge in [0.05, 0.1) is 21.3 Å². The number of thiazole rings is 1. The number of carbonyl (C=O) groups excluding carboxylic acids is 1.